The molecule has 7 heteroatoms. The highest BCUT2D eigenvalue weighted by atomic mass is 35.5. The van der Waals surface area contributed by atoms with Crippen molar-refractivity contribution in [3.8, 4) is 11.5 Å². The molecule has 1 aromatic carbocycles. The van der Waals surface area contributed by atoms with Crippen LogP contribution < -0.4 is 10.5 Å². The summed E-state index contributed by atoms with van der Waals surface area (Å²) in [7, 11) is 0. The maximum absolute atomic E-state index is 13.0. The first kappa shape index (κ1) is 13.1. The number of nitrogens with zero attached hydrogens (tertiary/aromatic N) is 2. The Kier molecular flexibility index (Phi) is 3.82. The number of nitrogens with two attached hydrogens (primary N) is 1. The highest BCUT2D eigenvalue weighted by Gasteiger charge is 2.11. The normalized spacial score (nSPS) is 11.4. The van der Waals surface area contributed by atoms with Crippen LogP contribution in [0.25, 0.3) is 0 Å². The smallest absolute Gasteiger partial charge is 0.192 e. The summed E-state index contributed by atoms with van der Waals surface area (Å²) in [6.07, 6.45) is 1.47. The molecule has 0 saturated heterocycles. The third-order valence-electron chi connectivity index (χ3n) is 2.24. The molecule has 3 N–H and O–H groups in total. The van der Waals surface area contributed by atoms with Crippen LogP contribution in [-0.2, 0) is 0 Å². The van der Waals surface area contributed by atoms with Crippen LogP contribution in [-0.4, -0.2) is 16.0 Å². The molecule has 0 bridgehead atoms. The third-order valence-corrected chi connectivity index (χ3v) is 2.53. The topological polar surface area (TPSA) is 80.7 Å². The standard InChI is InChI=1S/C12H9ClFN3O2/c13-8-6-7(3-4-9(8)14)19-10-2-1-5-16-11(10)12(15)17-18/h1-6,18H,(H2,15,17). The van der Waals surface area contributed by atoms with Crippen LogP contribution in [0.15, 0.2) is 41.7 Å². The van der Waals surface area contributed by atoms with Crippen LogP contribution in [0, 0.1) is 5.82 Å². The van der Waals surface area contributed by atoms with Gasteiger partial charge in [0.2, 0.25) is 0 Å². The number of ether oxygens (including phenoxy) is 1. The lowest BCUT2D eigenvalue weighted by Crippen LogP contribution is -2.15. The van der Waals surface area contributed by atoms with E-state index in [0.717, 1.165) is 0 Å². The predicted molar refractivity (Wildman–Crippen MR) is 68.2 cm³/mol. The molecule has 0 aliphatic carbocycles. The Labute approximate surface area is 113 Å². The summed E-state index contributed by atoms with van der Waals surface area (Å²) in [5.41, 5.74) is 5.65. The Morgan fingerprint density at radius 1 is 1.42 bits per heavy atom. The first-order valence-electron chi connectivity index (χ1n) is 5.17. The van der Waals surface area contributed by atoms with Crippen molar-refractivity contribution in [2.24, 2.45) is 10.9 Å². The molecular weight excluding hydrogens is 273 g/mol. The number of aromatic nitrogens is 1. The zero-order valence-electron chi connectivity index (χ0n) is 9.55. The third kappa shape index (κ3) is 2.92. The molecule has 2 aromatic rings. The second-order valence-corrected chi connectivity index (χ2v) is 3.92. The predicted octanol–water partition coefficient (Wildman–Crippen LogP) is 2.76. The Morgan fingerprint density at radius 2 is 2.21 bits per heavy atom. The van der Waals surface area contributed by atoms with Gasteiger partial charge in [-0.05, 0) is 24.3 Å². The zero-order valence-corrected chi connectivity index (χ0v) is 10.3. The lowest BCUT2D eigenvalue weighted by molar-refractivity contribution is 0.318. The van der Waals surface area contributed by atoms with Crippen molar-refractivity contribution in [3.63, 3.8) is 0 Å². The lowest BCUT2D eigenvalue weighted by atomic mass is 10.3. The fourth-order valence-corrected chi connectivity index (χ4v) is 1.55. The summed E-state index contributed by atoms with van der Waals surface area (Å²) in [6.45, 7) is 0. The van der Waals surface area contributed by atoms with Crippen molar-refractivity contribution in [2.45, 2.75) is 0 Å². The van der Waals surface area contributed by atoms with E-state index in [-0.39, 0.29) is 22.3 Å². The highest BCUT2D eigenvalue weighted by Crippen LogP contribution is 2.27. The summed E-state index contributed by atoms with van der Waals surface area (Å²) < 4.78 is 18.5. The molecule has 0 radical (unpaired) electrons. The minimum absolute atomic E-state index is 0.0632. The average Bonchev–Trinajstić information content (AvgIpc) is 2.43. The number of halogens is 2. The summed E-state index contributed by atoms with van der Waals surface area (Å²) >= 11 is 5.65. The first-order valence-corrected chi connectivity index (χ1v) is 5.55. The van der Waals surface area contributed by atoms with Crippen LogP contribution in [0.4, 0.5) is 4.39 Å². The fourth-order valence-electron chi connectivity index (χ4n) is 1.38. The van der Waals surface area contributed by atoms with Crippen LogP contribution in [0.5, 0.6) is 11.5 Å². The number of amidine groups is 1. The SMILES string of the molecule is N/C(=N/O)c1ncccc1Oc1ccc(F)c(Cl)c1. The first-order chi connectivity index (χ1) is 9.11. The fraction of sp³-hybridized carbons (Fsp3) is 0. The Morgan fingerprint density at radius 3 is 2.89 bits per heavy atom. The molecule has 1 aromatic heterocycles. The van der Waals surface area contributed by atoms with Crippen LogP contribution in [0.1, 0.15) is 5.69 Å². The van der Waals surface area contributed by atoms with Crippen LogP contribution in [0.3, 0.4) is 0 Å². The molecule has 98 valence electrons. The van der Waals surface area contributed by atoms with Crippen molar-refractivity contribution >= 4 is 17.4 Å². The monoisotopic (exact) mass is 281 g/mol. The van der Waals surface area contributed by atoms with E-state index in [9.17, 15) is 4.39 Å². The average molecular weight is 282 g/mol. The molecule has 19 heavy (non-hydrogen) atoms. The number of pyridine rings is 1. The molecule has 2 rings (SSSR count). The molecule has 1 heterocycles. The van der Waals surface area contributed by atoms with Gasteiger partial charge in [0.25, 0.3) is 0 Å². The number of hydrogen-bond donors (Lipinski definition) is 2. The Bertz CT molecular complexity index is 634. The number of oxime groups is 1. The zero-order chi connectivity index (χ0) is 13.8. The van der Waals surface area contributed by atoms with E-state index < -0.39 is 5.82 Å². The maximum Gasteiger partial charge on any atom is 0.192 e. The molecule has 0 unspecified atom stereocenters. The van der Waals surface area contributed by atoms with Gasteiger partial charge in [-0.25, -0.2) is 9.37 Å². The molecule has 0 atom stereocenters. The summed E-state index contributed by atoms with van der Waals surface area (Å²) in [5.74, 6) is -0.160. The minimum atomic E-state index is -0.545. The summed E-state index contributed by atoms with van der Waals surface area (Å²) in [5, 5.41) is 11.5. The van der Waals surface area contributed by atoms with Gasteiger partial charge in [-0.15, -0.1) is 0 Å². The van der Waals surface area contributed by atoms with E-state index >= 15 is 0 Å². The van der Waals surface area contributed by atoms with Gasteiger partial charge in [0.1, 0.15) is 11.6 Å². The van der Waals surface area contributed by atoms with E-state index in [1.165, 1.54) is 24.4 Å². The molecular formula is C12H9ClFN3O2. The Balaban J connectivity index is 2.35. The minimum Gasteiger partial charge on any atom is -0.455 e. The van der Waals surface area contributed by atoms with E-state index in [2.05, 4.69) is 10.1 Å². The van der Waals surface area contributed by atoms with Gasteiger partial charge in [0.15, 0.2) is 17.3 Å². The Hall–Kier alpha value is -2.34. The molecule has 0 aliphatic heterocycles. The van der Waals surface area contributed by atoms with Gasteiger partial charge >= 0.3 is 0 Å². The number of hydrogen-bond acceptors (Lipinski definition) is 4. The van der Waals surface area contributed by atoms with E-state index in [1.54, 1.807) is 12.1 Å². The summed E-state index contributed by atoms with van der Waals surface area (Å²) in [6, 6.07) is 7.10. The van der Waals surface area contributed by atoms with Gasteiger partial charge in [0, 0.05) is 12.3 Å². The molecule has 5 nitrogen and oxygen atoms in total. The molecule has 0 saturated carbocycles. The van der Waals surface area contributed by atoms with Gasteiger partial charge in [0.05, 0.1) is 5.02 Å². The van der Waals surface area contributed by atoms with Crippen molar-refractivity contribution in [2.75, 3.05) is 0 Å². The van der Waals surface area contributed by atoms with Crippen LogP contribution in [0.2, 0.25) is 5.02 Å². The van der Waals surface area contributed by atoms with E-state index in [1.807, 2.05) is 0 Å². The quantitative estimate of drug-likeness (QED) is 0.392. The molecule has 0 aliphatic rings. The van der Waals surface area contributed by atoms with Gasteiger partial charge in [-0.1, -0.05) is 16.8 Å². The van der Waals surface area contributed by atoms with Crippen molar-refractivity contribution in [3.05, 3.63) is 53.1 Å². The van der Waals surface area contributed by atoms with Gasteiger partial charge in [-0.3, -0.25) is 0 Å². The van der Waals surface area contributed by atoms with Crippen molar-refractivity contribution in [1.29, 1.82) is 0 Å². The van der Waals surface area contributed by atoms with E-state index in [4.69, 9.17) is 27.3 Å². The van der Waals surface area contributed by atoms with Crippen molar-refractivity contribution in [1.82, 2.24) is 4.98 Å². The van der Waals surface area contributed by atoms with Crippen LogP contribution >= 0.6 is 11.6 Å². The van der Waals surface area contributed by atoms with E-state index in [0.29, 0.717) is 5.75 Å². The molecule has 0 fully saturated rings. The second-order valence-electron chi connectivity index (χ2n) is 3.51. The van der Waals surface area contributed by atoms with Crippen molar-refractivity contribution < 1.29 is 14.3 Å². The van der Waals surface area contributed by atoms with Gasteiger partial charge < -0.3 is 15.7 Å². The number of rotatable bonds is 3. The van der Waals surface area contributed by atoms with Gasteiger partial charge in [-0.2, -0.15) is 0 Å². The lowest BCUT2D eigenvalue weighted by Gasteiger charge is -2.09. The summed E-state index contributed by atoms with van der Waals surface area (Å²) in [4.78, 5) is 3.94. The highest BCUT2D eigenvalue weighted by molar-refractivity contribution is 6.30. The maximum atomic E-state index is 13.0. The molecule has 0 spiro atoms. The number of benzene rings is 1. The molecule has 0 amide bonds. The second kappa shape index (κ2) is 5.53. The largest absolute Gasteiger partial charge is 0.455 e.